The fourth-order valence-corrected chi connectivity index (χ4v) is 2.03. The molecule has 0 bridgehead atoms. The highest BCUT2D eigenvalue weighted by Gasteiger charge is 2.19. The molecule has 1 amide bonds. The van der Waals surface area contributed by atoms with E-state index in [9.17, 15) is 18.0 Å². The molecule has 0 spiro atoms. The quantitative estimate of drug-likeness (QED) is 0.588. The van der Waals surface area contributed by atoms with Crippen molar-refractivity contribution in [1.29, 1.82) is 0 Å². The summed E-state index contributed by atoms with van der Waals surface area (Å²) in [5.74, 6) is -1.54. The van der Waals surface area contributed by atoms with E-state index in [1.807, 2.05) is 0 Å². The number of nitrogens with one attached hydrogen (secondary N) is 2. The van der Waals surface area contributed by atoms with Crippen molar-refractivity contribution in [3.8, 4) is 0 Å². The molecule has 1 rings (SSSR count). The van der Waals surface area contributed by atoms with Crippen LogP contribution >= 0.6 is 0 Å². The van der Waals surface area contributed by atoms with Crippen LogP contribution in [0.2, 0.25) is 0 Å². The predicted molar refractivity (Wildman–Crippen MR) is 68.8 cm³/mol. The van der Waals surface area contributed by atoms with Crippen LogP contribution in [-0.2, 0) is 14.8 Å². The minimum absolute atomic E-state index is 0.0428. The molecule has 1 aromatic rings. The van der Waals surface area contributed by atoms with Crippen LogP contribution in [-0.4, -0.2) is 39.0 Å². The lowest BCUT2D eigenvalue weighted by Gasteiger charge is -2.02. The van der Waals surface area contributed by atoms with Crippen molar-refractivity contribution >= 4 is 21.9 Å². The molecule has 0 saturated heterocycles. The van der Waals surface area contributed by atoms with Crippen molar-refractivity contribution in [2.75, 3.05) is 13.6 Å². The van der Waals surface area contributed by atoms with Crippen LogP contribution in [0.25, 0.3) is 0 Å². The molecule has 0 aromatic carbocycles. The number of carbonyl (C=O) groups excluding carboxylic acids is 1. The van der Waals surface area contributed by atoms with E-state index in [1.165, 1.54) is 19.2 Å². The Morgan fingerprint density at radius 3 is 2.60 bits per heavy atom. The fraction of sp³-hybridized carbons (Fsp3) is 0.455. The van der Waals surface area contributed by atoms with E-state index in [1.54, 1.807) is 0 Å². The van der Waals surface area contributed by atoms with Crippen LogP contribution in [0.3, 0.4) is 0 Å². The van der Waals surface area contributed by atoms with Gasteiger partial charge in [0.05, 0.1) is 0 Å². The standard InChI is InChI=1S/C11H16N2O6S/c1-12-20(17,18)10-6-5-8(19-10)11(16)13-7-3-2-4-9(14)15/h5-6,12H,2-4,7H2,1H3,(H,13,16)(H,14,15). The third-order valence-electron chi connectivity index (χ3n) is 2.44. The number of furan rings is 1. The maximum Gasteiger partial charge on any atom is 0.303 e. The van der Waals surface area contributed by atoms with Gasteiger partial charge in [-0.15, -0.1) is 0 Å². The summed E-state index contributed by atoms with van der Waals surface area (Å²) in [6.07, 6.45) is 1.01. The zero-order valence-corrected chi connectivity index (χ0v) is 11.7. The Balaban J connectivity index is 2.47. The molecule has 0 aliphatic rings. The van der Waals surface area contributed by atoms with Crippen LogP contribution in [0.1, 0.15) is 29.8 Å². The summed E-state index contributed by atoms with van der Waals surface area (Å²) in [7, 11) is -2.48. The van der Waals surface area contributed by atoms with E-state index in [0.717, 1.165) is 0 Å². The van der Waals surface area contributed by atoms with Crippen molar-refractivity contribution in [3.63, 3.8) is 0 Å². The van der Waals surface area contributed by atoms with E-state index in [2.05, 4.69) is 10.0 Å². The largest absolute Gasteiger partial charge is 0.481 e. The van der Waals surface area contributed by atoms with Gasteiger partial charge in [-0.3, -0.25) is 9.59 Å². The van der Waals surface area contributed by atoms with Crippen molar-refractivity contribution in [1.82, 2.24) is 10.0 Å². The number of aliphatic carboxylic acids is 1. The summed E-state index contributed by atoms with van der Waals surface area (Å²) in [5.41, 5.74) is 0. The van der Waals surface area contributed by atoms with Gasteiger partial charge in [0.2, 0.25) is 5.09 Å². The zero-order chi connectivity index (χ0) is 15.2. The van der Waals surface area contributed by atoms with E-state index >= 15 is 0 Å². The second kappa shape index (κ2) is 7.06. The first-order chi connectivity index (χ1) is 9.36. The number of rotatable bonds is 8. The number of hydrogen-bond acceptors (Lipinski definition) is 5. The van der Waals surface area contributed by atoms with Gasteiger partial charge in [0.1, 0.15) is 0 Å². The molecule has 112 valence electrons. The zero-order valence-electron chi connectivity index (χ0n) is 10.9. The molecule has 0 radical (unpaired) electrons. The van der Waals surface area contributed by atoms with Gasteiger partial charge in [-0.05, 0) is 32.0 Å². The Morgan fingerprint density at radius 1 is 1.30 bits per heavy atom. The molecule has 1 aromatic heterocycles. The van der Waals surface area contributed by atoms with Gasteiger partial charge in [-0.25, -0.2) is 13.1 Å². The normalized spacial score (nSPS) is 11.2. The van der Waals surface area contributed by atoms with Crippen molar-refractivity contribution in [3.05, 3.63) is 17.9 Å². The van der Waals surface area contributed by atoms with Gasteiger partial charge in [-0.2, -0.15) is 0 Å². The molecule has 9 heteroatoms. The minimum Gasteiger partial charge on any atom is -0.481 e. The van der Waals surface area contributed by atoms with Gasteiger partial charge in [0.15, 0.2) is 5.76 Å². The monoisotopic (exact) mass is 304 g/mol. The Bertz CT molecular complexity index is 577. The van der Waals surface area contributed by atoms with Gasteiger partial charge < -0.3 is 14.8 Å². The average molecular weight is 304 g/mol. The Kier molecular flexibility index (Phi) is 5.71. The van der Waals surface area contributed by atoms with Crippen LogP contribution in [0.4, 0.5) is 0 Å². The molecule has 0 saturated carbocycles. The summed E-state index contributed by atoms with van der Waals surface area (Å²) in [4.78, 5) is 21.9. The van der Waals surface area contributed by atoms with Crippen molar-refractivity contribution in [2.45, 2.75) is 24.4 Å². The predicted octanol–water partition coefficient (Wildman–Crippen LogP) is 0.172. The molecule has 20 heavy (non-hydrogen) atoms. The van der Waals surface area contributed by atoms with Crippen LogP contribution < -0.4 is 10.0 Å². The smallest absolute Gasteiger partial charge is 0.303 e. The first kappa shape index (κ1) is 16.2. The molecular formula is C11H16N2O6S. The lowest BCUT2D eigenvalue weighted by Crippen LogP contribution is -2.24. The summed E-state index contributed by atoms with van der Waals surface area (Å²) in [5, 5.41) is 10.6. The second-order valence-electron chi connectivity index (χ2n) is 3.93. The van der Waals surface area contributed by atoms with Gasteiger partial charge in [0.25, 0.3) is 15.9 Å². The lowest BCUT2D eigenvalue weighted by atomic mass is 10.2. The van der Waals surface area contributed by atoms with Crippen molar-refractivity contribution < 1.29 is 27.5 Å². The molecule has 8 nitrogen and oxygen atoms in total. The van der Waals surface area contributed by atoms with E-state index in [-0.39, 0.29) is 17.3 Å². The number of carboxylic acids is 1. The minimum atomic E-state index is -3.71. The summed E-state index contributed by atoms with van der Waals surface area (Å²) in [6.45, 7) is 0.293. The third-order valence-corrected chi connectivity index (χ3v) is 3.73. The van der Waals surface area contributed by atoms with Gasteiger partial charge >= 0.3 is 5.97 Å². The van der Waals surface area contributed by atoms with Gasteiger partial charge in [0, 0.05) is 13.0 Å². The summed E-state index contributed by atoms with van der Waals surface area (Å²) >= 11 is 0. The van der Waals surface area contributed by atoms with E-state index in [4.69, 9.17) is 9.52 Å². The molecule has 0 atom stereocenters. The number of carbonyl (C=O) groups is 2. The molecule has 3 N–H and O–H groups in total. The number of hydrogen-bond donors (Lipinski definition) is 3. The topological polar surface area (TPSA) is 126 Å². The maximum absolute atomic E-state index is 11.6. The molecule has 1 heterocycles. The van der Waals surface area contributed by atoms with Crippen molar-refractivity contribution in [2.24, 2.45) is 0 Å². The summed E-state index contributed by atoms with van der Waals surface area (Å²) in [6, 6.07) is 2.45. The van der Waals surface area contributed by atoms with Crippen LogP contribution in [0.15, 0.2) is 21.6 Å². The summed E-state index contributed by atoms with van der Waals surface area (Å²) < 4.78 is 29.8. The number of unbranched alkanes of at least 4 members (excludes halogenated alkanes) is 1. The maximum atomic E-state index is 11.6. The first-order valence-electron chi connectivity index (χ1n) is 5.90. The highest BCUT2D eigenvalue weighted by molar-refractivity contribution is 7.89. The van der Waals surface area contributed by atoms with Gasteiger partial charge in [-0.1, -0.05) is 0 Å². The fourth-order valence-electron chi connectivity index (χ4n) is 1.38. The number of sulfonamides is 1. The molecule has 0 fully saturated rings. The van der Waals surface area contributed by atoms with E-state index in [0.29, 0.717) is 19.4 Å². The molecule has 0 aliphatic carbocycles. The number of amides is 1. The molecule has 0 aliphatic heterocycles. The average Bonchev–Trinajstić information content (AvgIpc) is 2.88. The first-order valence-corrected chi connectivity index (χ1v) is 7.38. The SMILES string of the molecule is CNS(=O)(=O)c1ccc(C(=O)NCCCCC(=O)O)o1. The Labute approximate surface area is 116 Å². The third kappa shape index (κ3) is 4.67. The second-order valence-corrected chi connectivity index (χ2v) is 5.75. The molecular weight excluding hydrogens is 288 g/mol. The lowest BCUT2D eigenvalue weighted by molar-refractivity contribution is -0.137. The highest BCUT2D eigenvalue weighted by atomic mass is 32.2. The molecule has 0 unspecified atom stereocenters. The van der Waals surface area contributed by atoms with Crippen LogP contribution in [0.5, 0.6) is 0 Å². The van der Waals surface area contributed by atoms with E-state index < -0.39 is 21.9 Å². The Hall–Kier alpha value is -1.87. The van der Waals surface area contributed by atoms with Crippen LogP contribution in [0, 0.1) is 0 Å². The number of carboxylic acid groups (broad SMARTS) is 1. The Morgan fingerprint density at radius 2 is 2.00 bits per heavy atom. The highest BCUT2D eigenvalue weighted by Crippen LogP contribution is 2.13.